The van der Waals surface area contributed by atoms with Gasteiger partial charge in [0, 0.05) is 69.6 Å². The zero-order valence-electron chi connectivity index (χ0n) is 26.4. The van der Waals surface area contributed by atoms with Gasteiger partial charge in [0.05, 0.1) is 33.8 Å². The minimum Gasteiger partial charge on any atom is -0.494 e. The van der Waals surface area contributed by atoms with Crippen molar-refractivity contribution in [2.45, 2.75) is 19.3 Å². The first kappa shape index (κ1) is 31.7. The summed E-state index contributed by atoms with van der Waals surface area (Å²) in [6, 6.07) is 8.06. The van der Waals surface area contributed by atoms with Gasteiger partial charge < -0.3 is 34.6 Å². The van der Waals surface area contributed by atoms with Crippen molar-refractivity contribution in [1.29, 1.82) is 0 Å². The van der Waals surface area contributed by atoms with Crippen molar-refractivity contribution in [3.05, 3.63) is 52.9 Å². The van der Waals surface area contributed by atoms with Crippen LogP contribution >= 0.6 is 23.1 Å². The molecule has 2 aliphatic rings. The number of anilines is 5. The van der Waals surface area contributed by atoms with E-state index in [-0.39, 0.29) is 0 Å². The largest absolute Gasteiger partial charge is 0.494 e. The highest BCUT2D eigenvalue weighted by molar-refractivity contribution is 9.10. The van der Waals surface area contributed by atoms with E-state index in [9.17, 15) is 4.57 Å². The van der Waals surface area contributed by atoms with E-state index in [0.717, 1.165) is 76.5 Å². The molecule has 2 aromatic heterocycles. The van der Waals surface area contributed by atoms with E-state index in [1.807, 2.05) is 12.1 Å². The fourth-order valence-electron chi connectivity index (χ4n) is 6.18. The Balaban J connectivity index is 1.21. The van der Waals surface area contributed by atoms with E-state index in [0.29, 0.717) is 38.3 Å². The Morgan fingerprint density at radius 3 is 2.56 bits per heavy atom. The van der Waals surface area contributed by atoms with Crippen LogP contribution < -0.4 is 25.6 Å². The molecule has 0 spiro atoms. The van der Waals surface area contributed by atoms with Crippen LogP contribution in [0.3, 0.4) is 0 Å². The Labute approximate surface area is 273 Å². The van der Waals surface area contributed by atoms with Gasteiger partial charge in [0.2, 0.25) is 5.95 Å². The number of rotatable bonds is 10. The summed E-state index contributed by atoms with van der Waals surface area (Å²) in [5, 5.41) is 7.40. The molecule has 6 rings (SSSR count). The lowest BCUT2D eigenvalue weighted by molar-refractivity contribution is 0.153. The van der Waals surface area contributed by atoms with Crippen LogP contribution in [-0.2, 0) is 11.0 Å². The van der Waals surface area contributed by atoms with E-state index in [4.69, 9.17) is 9.72 Å². The highest BCUT2D eigenvalue weighted by Crippen LogP contribution is 2.42. The zero-order valence-corrected chi connectivity index (χ0v) is 28.9. The molecule has 0 aliphatic carbocycles. The molecule has 0 unspecified atom stereocenters. The molecule has 0 amide bonds. The summed E-state index contributed by atoms with van der Waals surface area (Å²) in [6.45, 7) is 11.3. The fraction of sp³-hybridized carbons (Fsp3) is 0.438. The lowest BCUT2D eigenvalue weighted by Gasteiger charge is -2.35. The van der Waals surface area contributed by atoms with Gasteiger partial charge in [-0.3, -0.25) is 9.97 Å². The Bertz CT molecular complexity index is 1720. The Morgan fingerprint density at radius 1 is 0.978 bits per heavy atom. The summed E-state index contributed by atoms with van der Waals surface area (Å²) in [5.41, 5.74) is 5.34. The van der Waals surface area contributed by atoms with Gasteiger partial charge in [0.15, 0.2) is 0 Å². The number of nitrogens with one attached hydrogen (secondary N) is 2. The summed E-state index contributed by atoms with van der Waals surface area (Å²) in [4.78, 5) is 25.7. The number of methoxy groups -OCH3 is 1. The highest BCUT2D eigenvalue weighted by atomic mass is 79.9. The van der Waals surface area contributed by atoms with Crippen LogP contribution in [0.15, 0.2) is 47.3 Å². The van der Waals surface area contributed by atoms with Crippen LogP contribution in [0.4, 0.5) is 28.8 Å². The van der Waals surface area contributed by atoms with Crippen LogP contribution in [-0.4, -0.2) is 103 Å². The van der Waals surface area contributed by atoms with Crippen LogP contribution in [0.25, 0.3) is 11.0 Å². The molecule has 2 N–H and O–H groups in total. The van der Waals surface area contributed by atoms with E-state index in [1.165, 1.54) is 11.3 Å². The first-order valence-electron chi connectivity index (χ1n) is 15.4. The predicted molar refractivity (Wildman–Crippen MR) is 187 cm³/mol. The van der Waals surface area contributed by atoms with Gasteiger partial charge in [-0.25, -0.2) is 4.98 Å². The molecule has 1 fully saturated rings. The van der Waals surface area contributed by atoms with Crippen molar-refractivity contribution >= 4 is 68.2 Å². The van der Waals surface area contributed by atoms with E-state index >= 15 is 0 Å². The van der Waals surface area contributed by atoms with Gasteiger partial charge in [-0.1, -0.05) is 0 Å². The van der Waals surface area contributed by atoms with Gasteiger partial charge in [0.25, 0.3) is 0 Å². The number of aromatic nitrogens is 4. The van der Waals surface area contributed by atoms with Gasteiger partial charge in [-0.2, -0.15) is 4.98 Å². The van der Waals surface area contributed by atoms with Gasteiger partial charge in [-0.15, -0.1) is 0 Å². The van der Waals surface area contributed by atoms with Crippen molar-refractivity contribution in [1.82, 2.24) is 29.7 Å². The predicted octanol–water partition coefficient (Wildman–Crippen LogP) is 5.32. The molecule has 2 aromatic carbocycles. The molecule has 13 heteroatoms. The van der Waals surface area contributed by atoms with E-state index in [2.05, 4.69) is 75.4 Å². The SMILES string of the molecule is COc1cc2c(cc1Nc1ncc(Br)c(Nc3ccc4nccnc4c3P(C)(C)=O)n1)CCCN2CCCN1CCN(C)CC1. The number of nitrogens with zero attached hydrogens (tertiary/aromatic N) is 7. The first-order valence-corrected chi connectivity index (χ1v) is 18.8. The molecule has 2 aliphatic heterocycles. The third-order valence-corrected chi connectivity index (χ3v) is 10.6. The molecule has 0 bridgehead atoms. The third-order valence-electron chi connectivity index (χ3n) is 8.51. The first-order chi connectivity index (χ1) is 21.7. The maximum atomic E-state index is 13.4. The second kappa shape index (κ2) is 13.6. The summed E-state index contributed by atoms with van der Waals surface area (Å²) in [7, 11) is 1.17. The molecular formula is C32H41BrN9O2P. The Morgan fingerprint density at radius 2 is 1.78 bits per heavy atom. The van der Waals surface area contributed by atoms with Crippen molar-refractivity contribution in [3.63, 3.8) is 0 Å². The maximum absolute atomic E-state index is 13.4. The minimum absolute atomic E-state index is 0.414. The molecule has 4 heterocycles. The van der Waals surface area contributed by atoms with Crippen molar-refractivity contribution in [3.8, 4) is 5.75 Å². The normalized spacial score (nSPS) is 16.1. The number of fused-ring (bicyclic) bond motifs is 2. The lowest BCUT2D eigenvalue weighted by Crippen LogP contribution is -2.45. The second-order valence-electron chi connectivity index (χ2n) is 12.1. The lowest BCUT2D eigenvalue weighted by atomic mass is 10.00. The Kier molecular flexibility index (Phi) is 9.56. The number of aryl methyl sites for hydroxylation is 1. The summed E-state index contributed by atoms with van der Waals surface area (Å²) in [5.74, 6) is 1.69. The molecule has 238 valence electrons. The summed E-state index contributed by atoms with van der Waals surface area (Å²) < 4.78 is 19.9. The van der Waals surface area contributed by atoms with Crippen molar-refractivity contribution in [2.24, 2.45) is 0 Å². The minimum atomic E-state index is -2.73. The molecular weight excluding hydrogens is 653 g/mol. The number of likely N-dealkylation sites (N-methyl/N-ethyl adjacent to an activating group) is 1. The smallest absolute Gasteiger partial charge is 0.229 e. The number of benzene rings is 2. The molecule has 0 radical (unpaired) electrons. The standard InChI is InChI=1S/C32H41BrN9O2P/c1-40-15-17-41(18-16-40)12-6-14-42-13-5-7-22-19-26(28(44-2)20-27(22)42)38-32-36-21-23(33)31(39-32)37-25-9-8-24-29(35-11-10-34-24)30(25)45(3,4)43/h8-11,19-21H,5-7,12-18H2,1-4H3,(H2,36,37,38,39). The van der Waals surface area contributed by atoms with Crippen molar-refractivity contribution in [2.75, 3.05) is 88.8 Å². The quantitative estimate of drug-likeness (QED) is 0.211. The highest BCUT2D eigenvalue weighted by Gasteiger charge is 2.24. The average molecular weight is 695 g/mol. The molecule has 45 heavy (non-hydrogen) atoms. The molecule has 4 aromatic rings. The molecule has 11 nitrogen and oxygen atoms in total. The van der Waals surface area contributed by atoms with Crippen LogP contribution in [0.1, 0.15) is 18.4 Å². The monoisotopic (exact) mass is 693 g/mol. The molecule has 1 saturated heterocycles. The zero-order chi connectivity index (χ0) is 31.6. The van der Waals surface area contributed by atoms with Crippen LogP contribution in [0.2, 0.25) is 0 Å². The number of ether oxygens (including phenoxy) is 1. The Hall–Kier alpha value is -3.31. The third kappa shape index (κ3) is 7.25. The maximum Gasteiger partial charge on any atom is 0.229 e. The van der Waals surface area contributed by atoms with Gasteiger partial charge in [-0.05, 0) is 85.9 Å². The van der Waals surface area contributed by atoms with E-state index < -0.39 is 7.14 Å². The molecule has 0 atom stereocenters. The number of piperazine rings is 1. The second-order valence-corrected chi connectivity index (χ2v) is 16.2. The number of halogens is 1. The molecule has 0 saturated carbocycles. The van der Waals surface area contributed by atoms with Crippen LogP contribution in [0.5, 0.6) is 5.75 Å². The summed E-state index contributed by atoms with van der Waals surface area (Å²) in [6.07, 6.45) is 8.23. The van der Waals surface area contributed by atoms with Crippen LogP contribution in [0, 0.1) is 0 Å². The topological polar surface area (TPSA) is 112 Å². The average Bonchev–Trinajstić information content (AvgIpc) is 3.02. The van der Waals surface area contributed by atoms with Gasteiger partial charge in [0.1, 0.15) is 24.2 Å². The fourth-order valence-corrected chi connectivity index (χ4v) is 7.86. The van der Waals surface area contributed by atoms with Gasteiger partial charge >= 0.3 is 0 Å². The summed E-state index contributed by atoms with van der Waals surface area (Å²) >= 11 is 3.58. The number of hydrogen-bond acceptors (Lipinski definition) is 11. The number of hydrogen-bond donors (Lipinski definition) is 2. The van der Waals surface area contributed by atoms with Crippen molar-refractivity contribution < 1.29 is 9.30 Å². The van der Waals surface area contributed by atoms with E-state index in [1.54, 1.807) is 39.0 Å².